The van der Waals surface area contributed by atoms with Gasteiger partial charge in [0.05, 0.1) is 54.7 Å². The Morgan fingerprint density at radius 3 is 2.88 bits per heavy atom. The van der Waals surface area contributed by atoms with Crippen molar-refractivity contribution in [2.24, 2.45) is 0 Å². The number of aromatic nitrogens is 2. The largest absolute Gasteiger partial charge is 0.494 e. The summed E-state index contributed by atoms with van der Waals surface area (Å²) >= 11 is 0. The zero-order valence-corrected chi connectivity index (χ0v) is 18.6. The van der Waals surface area contributed by atoms with Gasteiger partial charge in [0.2, 0.25) is 0 Å². The van der Waals surface area contributed by atoms with Gasteiger partial charge in [-0.25, -0.2) is 8.78 Å². The molecule has 2 N–H and O–H groups in total. The van der Waals surface area contributed by atoms with Crippen molar-refractivity contribution in [3.63, 3.8) is 0 Å². The van der Waals surface area contributed by atoms with Gasteiger partial charge in [0.1, 0.15) is 0 Å². The van der Waals surface area contributed by atoms with Crippen LogP contribution in [0.25, 0.3) is 10.9 Å². The molecule has 33 heavy (non-hydrogen) atoms. The number of hydrogen-bond acceptors (Lipinski definition) is 5. The summed E-state index contributed by atoms with van der Waals surface area (Å²) < 4.78 is 39.6. The quantitative estimate of drug-likeness (QED) is 0.608. The number of ether oxygens (including phenoxy) is 2. The Labute approximate surface area is 190 Å². The minimum atomic E-state index is -2.82. The van der Waals surface area contributed by atoms with E-state index in [9.17, 15) is 13.6 Å². The van der Waals surface area contributed by atoms with E-state index in [-0.39, 0.29) is 17.9 Å². The minimum absolute atomic E-state index is 0.0658. The molecule has 1 aliphatic carbocycles. The Hall–Kier alpha value is -3.20. The van der Waals surface area contributed by atoms with Gasteiger partial charge in [-0.1, -0.05) is 18.2 Å². The Balaban J connectivity index is 1.49. The molecular formula is C24H26F2N4O3. The number of H-pyrrole nitrogens is 1. The van der Waals surface area contributed by atoms with E-state index >= 15 is 0 Å². The average Bonchev–Trinajstić information content (AvgIpc) is 3.43. The molecule has 0 radical (unpaired) electrons. The Morgan fingerprint density at radius 2 is 2.12 bits per heavy atom. The van der Waals surface area contributed by atoms with E-state index in [0.717, 1.165) is 11.3 Å². The molecular weight excluding hydrogens is 430 g/mol. The predicted octanol–water partition coefficient (Wildman–Crippen LogP) is 3.94. The fourth-order valence-corrected chi connectivity index (χ4v) is 4.91. The van der Waals surface area contributed by atoms with E-state index in [4.69, 9.17) is 9.47 Å². The van der Waals surface area contributed by atoms with Gasteiger partial charge in [-0.3, -0.25) is 9.89 Å². The molecule has 2 heterocycles. The number of methoxy groups -OCH3 is 1. The fourth-order valence-electron chi connectivity index (χ4n) is 4.91. The Bertz CT molecular complexity index is 1200. The number of anilines is 1. The molecule has 1 fully saturated rings. The highest BCUT2D eigenvalue weighted by atomic mass is 19.3. The van der Waals surface area contributed by atoms with Crippen LogP contribution in [0.3, 0.4) is 0 Å². The first-order chi connectivity index (χ1) is 15.9. The summed E-state index contributed by atoms with van der Waals surface area (Å²) in [5.74, 6) is -2.48. The van der Waals surface area contributed by atoms with Gasteiger partial charge < -0.3 is 19.7 Å². The molecule has 1 aliphatic heterocycles. The third-order valence-electron chi connectivity index (χ3n) is 6.58. The number of alkyl halides is 2. The highest BCUT2D eigenvalue weighted by molar-refractivity contribution is 6.09. The van der Waals surface area contributed by atoms with E-state index in [2.05, 4.69) is 20.4 Å². The molecule has 1 aromatic heterocycles. The fraction of sp³-hybridized carbons (Fsp3) is 0.417. The Morgan fingerprint density at radius 1 is 1.33 bits per heavy atom. The van der Waals surface area contributed by atoms with E-state index in [1.165, 1.54) is 6.07 Å². The molecule has 0 bridgehead atoms. The van der Waals surface area contributed by atoms with Crippen LogP contribution in [0, 0.1) is 0 Å². The second kappa shape index (κ2) is 8.30. The zero-order chi connectivity index (χ0) is 23.2. The number of nitrogens with zero attached hydrogens (tertiary/aromatic N) is 2. The van der Waals surface area contributed by atoms with E-state index in [0.29, 0.717) is 60.5 Å². The van der Waals surface area contributed by atoms with Gasteiger partial charge in [0.25, 0.3) is 11.8 Å². The topological polar surface area (TPSA) is 79.5 Å². The Kier molecular flexibility index (Phi) is 5.44. The molecule has 0 saturated carbocycles. The number of fused-ring (bicyclic) bond motifs is 2. The van der Waals surface area contributed by atoms with Crippen molar-refractivity contribution in [3.05, 3.63) is 52.7 Å². The first kappa shape index (κ1) is 21.6. The first-order valence-corrected chi connectivity index (χ1v) is 11.1. The number of nitrogens with one attached hydrogen (secondary N) is 2. The van der Waals surface area contributed by atoms with Crippen LogP contribution in [0.4, 0.5) is 14.5 Å². The summed E-state index contributed by atoms with van der Waals surface area (Å²) in [6, 6.07) is 6.29. The van der Waals surface area contributed by atoms with Crippen LogP contribution in [0.5, 0.6) is 5.75 Å². The molecule has 174 valence electrons. The van der Waals surface area contributed by atoms with Crippen molar-refractivity contribution >= 4 is 22.5 Å². The highest BCUT2D eigenvalue weighted by Crippen LogP contribution is 2.44. The molecule has 2 aliphatic rings. The second-order valence-corrected chi connectivity index (χ2v) is 8.51. The normalized spacial score (nSPS) is 18.2. The second-order valence-electron chi connectivity index (χ2n) is 8.51. The summed E-state index contributed by atoms with van der Waals surface area (Å²) in [5.41, 5.74) is 3.21. The van der Waals surface area contributed by atoms with Crippen molar-refractivity contribution in [1.29, 1.82) is 0 Å². The lowest BCUT2D eigenvalue weighted by Gasteiger charge is -2.30. The van der Waals surface area contributed by atoms with E-state index in [1.807, 2.05) is 13.0 Å². The SMILES string of the molecule is COc1c(N2CCOCC2)cc(C(=O)NC(C)c2cccc3c2CCC3(F)F)c2[nH]ncc12. The summed E-state index contributed by atoms with van der Waals surface area (Å²) in [6.07, 6.45) is 1.74. The van der Waals surface area contributed by atoms with Crippen LogP contribution < -0.4 is 15.0 Å². The van der Waals surface area contributed by atoms with Crippen LogP contribution in [-0.4, -0.2) is 49.5 Å². The first-order valence-electron chi connectivity index (χ1n) is 11.1. The summed E-state index contributed by atoms with van der Waals surface area (Å²) in [4.78, 5) is 15.5. The number of morpholine rings is 1. The van der Waals surface area contributed by atoms with Crippen LogP contribution >= 0.6 is 0 Å². The van der Waals surface area contributed by atoms with E-state index in [1.54, 1.807) is 25.4 Å². The lowest BCUT2D eigenvalue weighted by molar-refractivity contribution is -0.00185. The molecule has 2 aromatic carbocycles. The number of benzene rings is 2. The number of rotatable bonds is 5. The van der Waals surface area contributed by atoms with Gasteiger partial charge in [-0.2, -0.15) is 5.10 Å². The maximum Gasteiger partial charge on any atom is 0.273 e. The maximum atomic E-state index is 14.2. The van der Waals surface area contributed by atoms with Gasteiger partial charge in [-0.15, -0.1) is 0 Å². The van der Waals surface area contributed by atoms with Crippen LogP contribution in [-0.2, 0) is 17.1 Å². The molecule has 1 atom stereocenters. The molecule has 1 amide bonds. The van der Waals surface area contributed by atoms with Crippen LogP contribution in [0.1, 0.15) is 46.4 Å². The summed E-state index contributed by atoms with van der Waals surface area (Å²) in [6.45, 7) is 4.37. The lowest BCUT2D eigenvalue weighted by atomic mass is 9.97. The lowest BCUT2D eigenvalue weighted by Crippen LogP contribution is -2.36. The van der Waals surface area contributed by atoms with Crippen molar-refractivity contribution in [2.45, 2.75) is 31.7 Å². The van der Waals surface area contributed by atoms with Crippen LogP contribution in [0.15, 0.2) is 30.5 Å². The molecule has 3 aromatic rings. The molecule has 5 rings (SSSR count). The third kappa shape index (κ3) is 3.70. The highest BCUT2D eigenvalue weighted by Gasteiger charge is 2.40. The average molecular weight is 456 g/mol. The van der Waals surface area contributed by atoms with Crippen LogP contribution in [0.2, 0.25) is 0 Å². The number of amides is 1. The molecule has 0 spiro atoms. The van der Waals surface area contributed by atoms with Gasteiger partial charge >= 0.3 is 0 Å². The molecule has 1 saturated heterocycles. The molecule has 9 heteroatoms. The number of carbonyl (C=O) groups is 1. The summed E-state index contributed by atoms with van der Waals surface area (Å²) in [5, 5.41) is 10.7. The maximum absolute atomic E-state index is 14.2. The standard InChI is InChI=1S/C24H26F2N4O3/c1-14(15-4-3-5-19-16(15)6-7-24(19,25)26)28-23(31)17-12-20(30-8-10-33-11-9-30)22(32-2)18-13-27-29-21(17)18/h3-5,12-14H,6-11H2,1-2H3,(H,27,29)(H,28,31). The van der Waals surface area contributed by atoms with Crippen molar-refractivity contribution < 1.29 is 23.0 Å². The zero-order valence-electron chi connectivity index (χ0n) is 18.6. The van der Waals surface area contributed by atoms with Crippen molar-refractivity contribution in [1.82, 2.24) is 15.5 Å². The van der Waals surface area contributed by atoms with Gasteiger partial charge in [-0.05, 0) is 30.5 Å². The summed E-state index contributed by atoms with van der Waals surface area (Å²) in [7, 11) is 1.60. The predicted molar refractivity (Wildman–Crippen MR) is 120 cm³/mol. The molecule has 7 nitrogen and oxygen atoms in total. The van der Waals surface area contributed by atoms with E-state index < -0.39 is 12.0 Å². The smallest absolute Gasteiger partial charge is 0.273 e. The van der Waals surface area contributed by atoms with Crippen molar-refractivity contribution in [3.8, 4) is 5.75 Å². The number of carbonyl (C=O) groups excluding carboxylic acids is 1. The van der Waals surface area contributed by atoms with Gasteiger partial charge in [0.15, 0.2) is 5.75 Å². The molecule has 1 unspecified atom stereocenters. The van der Waals surface area contributed by atoms with Crippen molar-refractivity contribution in [2.75, 3.05) is 38.3 Å². The monoisotopic (exact) mass is 456 g/mol. The minimum Gasteiger partial charge on any atom is -0.494 e. The number of halogens is 2. The number of aromatic amines is 1. The number of hydrogen-bond donors (Lipinski definition) is 2. The third-order valence-corrected chi connectivity index (χ3v) is 6.58. The van der Waals surface area contributed by atoms with Gasteiger partial charge in [0, 0.05) is 25.1 Å².